The van der Waals surface area contributed by atoms with Crippen LogP contribution in [0.15, 0.2) is 11.6 Å². The molecule has 1 fully saturated rings. The van der Waals surface area contributed by atoms with E-state index in [-0.39, 0.29) is 6.03 Å². The Morgan fingerprint density at radius 1 is 1.43 bits per heavy atom. The fourth-order valence-electron chi connectivity index (χ4n) is 2.85. The molecule has 21 heavy (non-hydrogen) atoms. The van der Waals surface area contributed by atoms with Gasteiger partial charge in [-0.3, -0.25) is 5.32 Å². The minimum atomic E-state index is -0.174. The van der Waals surface area contributed by atoms with Crippen molar-refractivity contribution in [3.8, 4) is 0 Å². The van der Waals surface area contributed by atoms with Crippen molar-refractivity contribution in [2.24, 2.45) is 5.92 Å². The van der Waals surface area contributed by atoms with Crippen LogP contribution >= 0.6 is 11.3 Å². The molecule has 0 aromatic carbocycles. The van der Waals surface area contributed by atoms with Crippen LogP contribution in [0.25, 0.3) is 0 Å². The van der Waals surface area contributed by atoms with Gasteiger partial charge < -0.3 is 10.6 Å². The van der Waals surface area contributed by atoms with Gasteiger partial charge in [-0.15, -0.1) is 11.3 Å². The smallest absolute Gasteiger partial charge is 0.321 e. The number of urea groups is 1. The van der Waals surface area contributed by atoms with E-state index in [0.29, 0.717) is 29.7 Å². The van der Waals surface area contributed by atoms with Crippen molar-refractivity contribution in [2.75, 3.05) is 11.9 Å². The summed E-state index contributed by atoms with van der Waals surface area (Å²) in [6, 6.07) is 0.791. The molecule has 1 saturated carbocycles. The van der Waals surface area contributed by atoms with Gasteiger partial charge in [-0.05, 0) is 25.2 Å². The molecule has 1 aliphatic carbocycles. The van der Waals surface area contributed by atoms with E-state index in [1.165, 1.54) is 37.0 Å². The average molecular weight is 310 g/mol. The van der Waals surface area contributed by atoms with Crippen molar-refractivity contribution < 1.29 is 4.79 Å². The highest BCUT2D eigenvalue weighted by molar-refractivity contribution is 7.13. The van der Waals surface area contributed by atoms with E-state index >= 15 is 0 Å². The Bertz CT molecular complexity index is 415. The lowest BCUT2D eigenvalue weighted by Gasteiger charge is -2.25. The molecule has 0 bridgehead atoms. The largest absolute Gasteiger partial charge is 0.336 e. The SMILES string of the molecule is CC(C)CC(CNC(=O)Nc1nccs1)NC1CCCC1. The minimum Gasteiger partial charge on any atom is -0.336 e. The number of nitrogens with zero attached hydrogens (tertiary/aromatic N) is 1. The molecule has 1 aromatic rings. The molecule has 1 heterocycles. The second-order valence-corrected chi connectivity index (χ2v) is 7.04. The summed E-state index contributed by atoms with van der Waals surface area (Å²) < 4.78 is 0. The lowest BCUT2D eigenvalue weighted by molar-refractivity contribution is 0.249. The maximum atomic E-state index is 11.9. The van der Waals surface area contributed by atoms with Crippen molar-refractivity contribution in [3.05, 3.63) is 11.6 Å². The first kappa shape index (κ1) is 16.2. The van der Waals surface area contributed by atoms with Crippen LogP contribution in [0.1, 0.15) is 46.0 Å². The van der Waals surface area contributed by atoms with Crippen molar-refractivity contribution in [1.82, 2.24) is 15.6 Å². The maximum absolute atomic E-state index is 11.9. The molecule has 118 valence electrons. The third-order valence-electron chi connectivity index (χ3n) is 3.74. The van der Waals surface area contributed by atoms with Gasteiger partial charge in [0.15, 0.2) is 5.13 Å². The predicted molar refractivity (Wildman–Crippen MR) is 87.8 cm³/mol. The van der Waals surface area contributed by atoms with E-state index in [9.17, 15) is 4.79 Å². The molecule has 0 aliphatic heterocycles. The van der Waals surface area contributed by atoms with E-state index < -0.39 is 0 Å². The minimum absolute atomic E-state index is 0.174. The average Bonchev–Trinajstić information content (AvgIpc) is 3.08. The van der Waals surface area contributed by atoms with E-state index in [0.717, 1.165) is 6.42 Å². The number of nitrogens with one attached hydrogen (secondary N) is 3. The molecule has 0 spiro atoms. The van der Waals surface area contributed by atoms with Crippen molar-refractivity contribution in [1.29, 1.82) is 0 Å². The lowest BCUT2D eigenvalue weighted by atomic mass is 10.0. The molecule has 5 nitrogen and oxygen atoms in total. The van der Waals surface area contributed by atoms with Gasteiger partial charge >= 0.3 is 6.03 Å². The highest BCUT2D eigenvalue weighted by Gasteiger charge is 2.20. The summed E-state index contributed by atoms with van der Waals surface area (Å²) in [5, 5.41) is 11.9. The summed E-state index contributed by atoms with van der Waals surface area (Å²) >= 11 is 1.42. The molecule has 6 heteroatoms. The Hall–Kier alpha value is -1.14. The second kappa shape index (κ2) is 8.34. The molecule has 1 atom stereocenters. The molecule has 0 saturated heterocycles. The number of anilines is 1. The predicted octanol–water partition coefficient (Wildman–Crippen LogP) is 3.21. The second-order valence-electron chi connectivity index (χ2n) is 6.15. The van der Waals surface area contributed by atoms with Gasteiger partial charge in [0.05, 0.1) is 0 Å². The van der Waals surface area contributed by atoms with Gasteiger partial charge in [0.1, 0.15) is 0 Å². The van der Waals surface area contributed by atoms with Gasteiger partial charge in [-0.2, -0.15) is 0 Å². The topological polar surface area (TPSA) is 66.0 Å². The van der Waals surface area contributed by atoms with Gasteiger partial charge in [0.2, 0.25) is 0 Å². The van der Waals surface area contributed by atoms with E-state index in [2.05, 4.69) is 34.8 Å². The van der Waals surface area contributed by atoms with Crippen LogP contribution in [-0.4, -0.2) is 29.6 Å². The molecule has 1 aliphatic rings. The van der Waals surface area contributed by atoms with Crippen LogP contribution < -0.4 is 16.0 Å². The molecular weight excluding hydrogens is 284 g/mol. The lowest BCUT2D eigenvalue weighted by Crippen LogP contribution is -2.46. The number of amides is 2. The standard InChI is InChI=1S/C15H26N4OS/c1-11(2)9-13(18-12-5-3-4-6-12)10-17-14(20)19-15-16-7-8-21-15/h7-8,11-13,18H,3-6,9-10H2,1-2H3,(H2,16,17,19,20). The van der Waals surface area contributed by atoms with Gasteiger partial charge in [0, 0.05) is 30.2 Å². The Morgan fingerprint density at radius 3 is 2.81 bits per heavy atom. The van der Waals surface area contributed by atoms with Gasteiger partial charge in [-0.25, -0.2) is 9.78 Å². The maximum Gasteiger partial charge on any atom is 0.321 e. The first-order valence-corrected chi connectivity index (χ1v) is 8.72. The monoisotopic (exact) mass is 310 g/mol. The number of aromatic nitrogens is 1. The van der Waals surface area contributed by atoms with Crippen LogP contribution in [-0.2, 0) is 0 Å². The summed E-state index contributed by atoms with van der Waals surface area (Å²) in [4.78, 5) is 15.9. The number of carbonyl (C=O) groups excluding carboxylic acids is 1. The quantitative estimate of drug-likeness (QED) is 0.724. The molecule has 3 N–H and O–H groups in total. The number of carbonyl (C=O) groups is 1. The Labute approximate surface area is 130 Å². The van der Waals surface area contributed by atoms with Crippen molar-refractivity contribution in [3.63, 3.8) is 0 Å². The van der Waals surface area contributed by atoms with Crippen molar-refractivity contribution >= 4 is 22.5 Å². The number of thiazole rings is 1. The molecule has 2 rings (SSSR count). The third-order valence-corrected chi connectivity index (χ3v) is 4.43. The summed E-state index contributed by atoms with van der Waals surface area (Å²) in [6.45, 7) is 5.10. The zero-order valence-corrected chi connectivity index (χ0v) is 13.7. The van der Waals surface area contributed by atoms with E-state index in [4.69, 9.17) is 0 Å². The number of rotatable bonds is 7. The van der Waals surface area contributed by atoms with Crippen LogP contribution in [0.3, 0.4) is 0 Å². The van der Waals surface area contributed by atoms with E-state index in [1.54, 1.807) is 6.20 Å². The molecule has 2 amide bonds. The Balaban J connectivity index is 1.75. The van der Waals surface area contributed by atoms with Crippen LogP contribution in [0.4, 0.5) is 9.93 Å². The zero-order chi connectivity index (χ0) is 15.1. The molecule has 0 radical (unpaired) electrons. The summed E-state index contributed by atoms with van der Waals surface area (Å²) in [5.41, 5.74) is 0. The van der Waals surface area contributed by atoms with Gasteiger partial charge in [0.25, 0.3) is 0 Å². The highest BCUT2D eigenvalue weighted by atomic mass is 32.1. The van der Waals surface area contributed by atoms with Crippen LogP contribution in [0, 0.1) is 5.92 Å². The third kappa shape index (κ3) is 6.01. The first-order valence-electron chi connectivity index (χ1n) is 7.84. The summed E-state index contributed by atoms with van der Waals surface area (Å²) in [6.07, 6.45) is 7.94. The van der Waals surface area contributed by atoms with Gasteiger partial charge in [-0.1, -0.05) is 26.7 Å². The summed E-state index contributed by atoms with van der Waals surface area (Å²) in [5.74, 6) is 0.618. The van der Waals surface area contributed by atoms with E-state index in [1.807, 2.05) is 5.38 Å². The Morgan fingerprint density at radius 2 is 2.19 bits per heavy atom. The van der Waals surface area contributed by atoms with Crippen LogP contribution in [0.5, 0.6) is 0 Å². The summed E-state index contributed by atoms with van der Waals surface area (Å²) in [7, 11) is 0. The van der Waals surface area contributed by atoms with Crippen LogP contribution in [0.2, 0.25) is 0 Å². The Kier molecular flexibility index (Phi) is 6.45. The normalized spacial score (nSPS) is 17.1. The molecule has 1 aromatic heterocycles. The first-order chi connectivity index (χ1) is 10.1. The zero-order valence-electron chi connectivity index (χ0n) is 12.9. The number of hydrogen-bond acceptors (Lipinski definition) is 4. The molecular formula is C15H26N4OS. The highest BCUT2D eigenvalue weighted by Crippen LogP contribution is 2.19. The fourth-order valence-corrected chi connectivity index (χ4v) is 3.37. The van der Waals surface area contributed by atoms with Crippen molar-refractivity contribution in [2.45, 2.75) is 58.0 Å². The fraction of sp³-hybridized carbons (Fsp3) is 0.733. The molecule has 1 unspecified atom stereocenters. The number of hydrogen-bond donors (Lipinski definition) is 3.